The summed E-state index contributed by atoms with van der Waals surface area (Å²) in [5.74, 6) is 1.48. The number of hydrogen-bond acceptors (Lipinski definition) is 5. The molecule has 2 rings (SSSR count). The van der Waals surface area contributed by atoms with Crippen LogP contribution in [0.5, 0.6) is 11.5 Å². The first-order valence-corrected chi connectivity index (χ1v) is 6.01. The van der Waals surface area contributed by atoms with Crippen LogP contribution in [-0.2, 0) is 0 Å². The lowest BCUT2D eigenvalue weighted by Gasteiger charge is -2.13. The van der Waals surface area contributed by atoms with Gasteiger partial charge in [0, 0.05) is 12.1 Å². The maximum atomic E-state index is 5.53. The van der Waals surface area contributed by atoms with Gasteiger partial charge in [0.1, 0.15) is 0 Å². The van der Waals surface area contributed by atoms with Crippen molar-refractivity contribution in [2.24, 2.45) is 10.8 Å². The van der Waals surface area contributed by atoms with Crippen LogP contribution < -0.4 is 20.6 Å². The lowest BCUT2D eigenvalue weighted by molar-refractivity contribution is 0.354. The Kier molecular flexibility index (Phi) is 4.04. The van der Waals surface area contributed by atoms with Gasteiger partial charge in [0.25, 0.3) is 0 Å². The average molecular weight is 249 g/mol. The van der Waals surface area contributed by atoms with Crippen LogP contribution in [0.25, 0.3) is 0 Å². The summed E-state index contributed by atoms with van der Waals surface area (Å²) in [4.78, 5) is 0. The molecule has 0 radical (unpaired) electrons. The average Bonchev–Trinajstić information content (AvgIpc) is 2.87. The summed E-state index contributed by atoms with van der Waals surface area (Å²) in [5.41, 5.74) is 10.9. The van der Waals surface area contributed by atoms with Crippen molar-refractivity contribution in [2.75, 3.05) is 20.8 Å². The number of nitrogens with zero attached hydrogens (tertiary/aromatic N) is 1. The van der Waals surface area contributed by atoms with Gasteiger partial charge in [-0.25, -0.2) is 0 Å². The Morgan fingerprint density at radius 2 is 2.11 bits per heavy atom. The molecule has 1 aromatic rings. The van der Waals surface area contributed by atoms with Crippen molar-refractivity contribution in [3.8, 4) is 11.5 Å². The van der Waals surface area contributed by atoms with Crippen molar-refractivity contribution in [3.05, 3.63) is 23.8 Å². The molecule has 0 saturated heterocycles. The fourth-order valence-electron chi connectivity index (χ4n) is 2.08. The Labute approximate surface area is 107 Å². The van der Waals surface area contributed by atoms with Crippen LogP contribution in [0.1, 0.15) is 24.4 Å². The molecular formula is C13H19N3O2. The third-order valence-corrected chi connectivity index (χ3v) is 3.06. The Morgan fingerprint density at radius 1 is 1.33 bits per heavy atom. The molecule has 1 unspecified atom stereocenters. The second kappa shape index (κ2) is 5.73. The van der Waals surface area contributed by atoms with E-state index in [0.29, 0.717) is 6.54 Å². The number of hydrogen-bond donors (Lipinski definition) is 2. The highest BCUT2D eigenvalue weighted by molar-refractivity contribution is 5.86. The van der Waals surface area contributed by atoms with E-state index >= 15 is 0 Å². The van der Waals surface area contributed by atoms with Crippen molar-refractivity contribution >= 4 is 5.71 Å². The molecule has 0 bridgehead atoms. The second-order valence-corrected chi connectivity index (χ2v) is 4.22. The lowest BCUT2D eigenvalue weighted by Crippen LogP contribution is -2.10. The molecule has 1 atom stereocenters. The second-order valence-electron chi connectivity index (χ2n) is 4.22. The van der Waals surface area contributed by atoms with Crippen LogP contribution >= 0.6 is 0 Å². The van der Waals surface area contributed by atoms with Gasteiger partial charge in [0.05, 0.1) is 20.3 Å². The molecule has 1 aromatic carbocycles. The minimum Gasteiger partial charge on any atom is -0.493 e. The van der Waals surface area contributed by atoms with Gasteiger partial charge in [-0.2, -0.15) is 5.10 Å². The molecule has 5 heteroatoms. The summed E-state index contributed by atoms with van der Waals surface area (Å²) in [6.07, 6.45) is 1.74. The lowest BCUT2D eigenvalue weighted by atomic mass is 10.0. The molecule has 3 N–H and O–H groups in total. The largest absolute Gasteiger partial charge is 0.493 e. The highest BCUT2D eigenvalue weighted by Gasteiger charge is 2.20. The number of ether oxygens (including phenoxy) is 2. The van der Waals surface area contributed by atoms with E-state index in [-0.39, 0.29) is 6.04 Å². The van der Waals surface area contributed by atoms with E-state index in [2.05, 4.69) is 10.5 Å². The minimum atomic E-state index is 0.200. The molecule has 98 valence electrons. The smallest absolute Gasteiger partial charge is 0.161 e. The molecule has 0 aliphatic carbocycles. The van der Waals surface area contributed by atoms with Gasteiger partial charge >= 0.3 is 0 Å². The third kappa shape index (κ3) is 2.56. The number of rotatable bonds is 5. The summed E-state index contributed by atoms with van der Waals surface area (Å²) in [6.45, 7) is 0.638. The first-order chi connectivity index (χ1) is 8.78. The van der Waals surface area contributed by atoms with Gasteiger partial charge in [0.2, 0.25) is 0 Å². The quantitative estimate of drug-likeness (QED) is 0.828. The maximum absolute atomic E-state index is 5.53. The van der Waals surface area contributed by atoms with E-state index in [0.717, 1.165) is 35.6 Å². The van der Waals surface area contributed by atoms with Crippen LogP contribution in [0.15, 0.2) is 23.3 Å². The van der Waals surface area contributed by atoms with Crippen molar-refractivity contribution in [1.29, 1.82) is 0 Å². The van der Waals surface area contributed by atoms with Gasteiger partial charge in [-0.05, 0) is 30.7 Å². The minimum absolute atomic E-state index is 0.200. The molecule has 0 aromatic heterocycles. The zero-order chi connectivity index (χ0) is 13.0. The van der Waals surface area contributed by atoms with Crippen LogP contribution in [0.4, 0.5) is 0 Å². The zero-order valence-corrected chi connectivity index (χ0v) is 10.8. The number of nitrogens with one attached hydrogen (secondary N) is 1. The maximum Gasteiger partial charge on any atom is 0.161 e. The number of hydrazone groups is 1. The Hall–Kier alpha value is -1.75. The molecule has 1 heterocycles. The molecule has 1 aliphatic heterocycles. The molecule has 5 nitrogen and oxygen atoms in total. The monoisotopic (exact) mass is 249 g/mol. The van der Waals surface area contributed by atoms with Crippen molar-refractivity contribution < 1.29 is 9.47 Å². The first kappa shape index (κ1) is 12.7. The highest BCUT2D eigenvalue weighted by Crippen LogP contribution is 2.32. The molecule has 1 aliphatic rings. The molecule has 0 amide bonds. The van der Waals surface area contributed by atoms with E-state index in [1.54, 1.807) is 14.2 Å². The number of methoxy groups -OCH3 is 2. The summed E-state index contributed by atoms with van der Waals surface area (Å²) < 4.78 is 10.5. The summed E-state index contributed by atoms with van der Waals surface area (Å²) >= 11 is 0. The van der Waals surface area contributed by atoms with Crippen molar-refractivity contribution in [2.45, 2.75) is 18.9 Å². The highest BCUT2D eigenvalue weighted by atomic mass is 16.5. The molecular weight excluding hydrogens is 230 g/mol. The van der Waals surface area contributed by atoms with Gasteiger partial charge in [-0.3, -0.25) is 0 Å². The fourth-order valence-corrected chi connectivity index (χ4v) is 2.08. The SMILES string of the molecule is COc1ccc(C2CC(CCN)=NN2)cc1OC. The van der Waals surface area contributed by atoms with Gasteiger partial charge in [-0.1, -0.05) is 6.07 Å². The number of nitrogens with two attached hydrogens (primary N) is 1. The van der Waals surface area contributed by atoms with E-state index in [1.165, 1.54) is 0 Å². The van der Waals surface area contributed by atoms with Crippen LogP contribution in [0, 0.1) is 0 Å². The van der Waals surface area contributed by atoms with E-state index < -0.39 is 0 Å². The molecule has 0 saturated carbocycles. The zero-order valence-electron chi connectivity index (χ0n) is 10.8. The Balaban J connectivity index is 2.11. The third-order valence-electron chi connectivity index (χ3n) is 3.06. The first-order valence-electron chi connectivity index (χ1n) is 6.01. The molecule has 18 heavy (non-hydrogen) atoms. The van der Waals surface area contributed by atoms with Gasteiger partial charge < -0.3 is 20.6 Å². The van der Waals surface area contributed by atoms with E-state index in [4.69, 9.17) is 15.2 Å². The Morgan fingerprint density at radius 3 is 2.78 bits per heavy atom. The normalized spacial score (nSPS) is 18.2. The molecule has 0 fully saturated rings. The van der Waals surface area contributed by atoms with Gasteiger partial charge in [0.15, 0.2) is 11.5 Å². The van der Waals surface area contributed by atoms with Crippen molar-refractivity contribution in [3.63, 3.8) is 0 Å². The van der Waals surface area contributed by atoms with Crippen LogP contribution in [0.2, 0.25) is 0 Å². The summed E-state index contributed by atoms with van der Waals surface area (Å²) in [5, 5.41) is 4.30. The van der Waals surface area contributed by atoms with Crippen LogP contribution in [-0.4, -0.2) is 26.5 Å². The van der Waals surface area contributed by atoms with Crippen molar-refractivity contribution in [1.82, 2.24) is 5.43 Å². The standard InChI is InChI=1S/C13H19N3O2/c1-17-12-4-3-9(7-13(12)18-2)11-8-10(5-6-14)15-16-11/h3-4,7,11,16H,5-6,8,14H2,1-2H3. The summed E-state index contributed by atoms with van der Waals surface area (Å²) in [6, 6.07) is 6.13. The number of benzene rings is 1. The fraction of sp³-hybridized carbons (Fsp3) is 0.462. The predicted molar refractivity (Wildman–Crippen MR) is 71.1 cm³/mol. The summed E-state index contributed by atoms with van der Waals surface area (Å²) in [7, 11) is 3.27. The van der Waals surface area contributed by atoms with E-state index in [9.17, 15) is 0 Å². The predicted octanol–water partition coefficient (Wildman–Crippen LogP) is 1.44. The van der Waals surface area contributed by atoms with Gasteiger partial charge in [-0.15, -0.1) is 0 Å². The molecule has 0 spiro atoms. The Bertz CT molecular complexity index is 446. The van der Waals surface area contributed by atoms with E-state index in [1.807, 2.05) is 18.2 Å². The topological polar surface area (TPSA) is 68.9 Å². The van der Waals surface area contributed by atoms with Crippen LogP contribution in [0.3, 0.4) is 0 Å².